The van der Waals surface area contributed by atoms with Gasteiger partial charge in [-0.05, 0) is 24.7 Å². The van der Waals surface area contributed by atoms with Crippen LogP contribution in [0.25, 0.3) is 0 Å². The number of esters is 1. The van der Waals surface area contributed by atoms with Crippen LogP contribution in [0.4, 0.5) is 0 Å². The van der Waals surface area contributed by atoms with E-state index in [1.54, 1.807) is 0 Å². The number of ether oxygens (including phenoxy) is 2. The number of methoxy groups -OCH3 is 1. The van der Waals surface area contributed by atoms with Gasteiger partial charge in [0.2, 0.25) is 0 Å². The summed E-state index contributed by atoms with van der Waals surface area (Å²) in [5.41, 5.74) is 1.07. The molecule has 0 spiro atoms. The third kappa shape index (κ3) is 5.06. The first-order chi connectivity index (χ1) is 8.67. The van der Waals surface area contributed by atoms with Gasteiger partial charge < -0.3 is 14.8 Å². The molecule has 0 aromatic heterocycles. The Hall–Kier alpha value is -1.07. The lowest BCUT2D eigenvalue weighted by molar-refractivity contribution is -0.141. The summed E-state index contributed by atoms with van der Waals surface area (Å²) < 4.78 is 11.2. The van der Waals surface area contributed by atoms with E-state index in [0.717, 1.165) is 28.9 Å². The number of halogens is 1. The van der Waals surface area contributed by atoms with Crippen molar-refractivity contribution in [2.24, 2.45) is 0 Å². The molecule has 0 atom stereocenters. The van der Waals surface area contributed by atoms with E-state index in [0.29, 0.717) is 6.61 Å². The van der Waals surface area contributed by atoms with Crippen LogP contribution in [0.1, 0.15) is 18.9 Å². The number of hydrogen-bond donors (Lipinski definition) is 1. The van der Waals surface area contributed by atoms with Crippen molar-refractivity contribution in [2.45, 2.75) is 19.9 Å². The van der Waals surface area contributed by atoms with Gasteiger partial charge in [0.15, 0.2) is 0 Å². The highest BCUT2D eigenvalue weighted by molar-refractivity contribution is 9.10. The van der Waals surface area contributed by atoms with Crippen molar-refractivity contribution in [3.8, 4) is 5.75 Å². The largest absolute Gasteiger partial charge is 0.493 e. The quantitative estimate of drug-likeness (QED) is 0.785. The van der Waals surface area contributed by atoms with Crippen LogP contribution in [0, 0.1) is 0 Å². The van der Waals surface area contributed by atoms with Crippen molar-refractivity contribution in [3.05, 3.63) is 28.2 Å². The van der Waals surface area contributed by atoms with E-state index in [4.69, 9.17) is 4.74 Å². The van der Waals surface area contributed by atoms with Crippen molar-refractivity contribution in [1.82, 2.24) is 5.32 Å². The number of rotatable bonds is 7. The molecule has 1 rings (SSSR count). The Kier molecular flexibility index (Phi) is 6.75. The second-order valence-electron chi connectivity index (χ2n) is 3.71. The minimum Gasteiger partial charge on any atom is -0.493 e. The van der Waals surface area contributed by atoms with Crippen LogP contribution in [0.2, 0.25) is 0 Å². The average molecular weight is 316 g/mol. The minimum atomic E-state index is -0.264. The lowest BCUT2D eigenvalue weighted by Crippen LogP contribution is -2.14. The Morgan fingerprint density at radius 1 is 1.44 bits per heavy atom. The lowest BCUT2D eigenvalue weighted by atomic mass is 10.2. The number of benzene rings is 1. The highest BCUT2D eigenvalue weighted by Crippen LogP contribution is 2.23. The minimum absolute atomic E-state index is 0.257. The standard InChI is InChI=1S/C13H18BrNO3/c1-3-15-9-10-8-11(14)4-5-12(10)18-7-6-13(16)17-2/h4-5,8,15H,3,6-7,9H2,1-2H3. The first-order valence-corrected chi connectivity index (χ1v) is 6.65. The molecule has 0 heterocycles. The zero-order chi connectivity index (χ0) is 13.4. The van der Waals surface area contributed by atoms with Crippen LogP contribution < -0.4 is 10.1 Å². The molecule has 5 heteroatoms. The maximum atomic E-state index is 11.0. The molecule has 0 saturated carbocycles. The maximum absolute atomic E-state index is 11.0. The Balaban J connectivity index is 2.60. The molecule has 0 aliphatic rings. The van der Waals surface area contributed by atoms with E-state index >= 15 is 0 Å². The van der Waals surface area contributed by atoms with E-state index in [1.165, 1.54) is 7.11 Å². The molecule has 0 radical (unpaired) electrons. The second-order valence-corrected chi connectivity index (χ2v) is 4.62. The van der Waals surface area contributed by atoms with Crippen LogP contribution in [-0.4, -0.2) is 26.2 Å². The van der Waals surface area contributed by atoms with Gasteiger partial charge in [-0.2, -0.15) is 0 Å². The van der Waals surface area contributed by atoms with E-state index in [-0.39, 0.29) is 12.4 Å². The topological polar surface area (TPSA) is 47.6 Å². The fraction of sp³-hybridized carbons (Fsp3) is 0.462. The molecule has 0 unspecified atom stereocenters. The smallest absolute Gasteiger partial charge is 0.308 e. The highest BCUT2D eigenvalue weighted by atomic mass is 79.9. The number of carbonyl (C=O) groups is 1. The fourth-order valence-corrected chi connectivity index (χ4v) is 1.84. The molecule has 0 aliphatic heterocycles. The number of nitrogens with one attached hydrogen (secondary N) is 1. The molecule has 1 aromatic carbocycles. The number of carbonyl (C=O) groups excluding carboxylic acids is 1. The van der Waals surface area contributed by atoms with Crippen molar-refractivity contribution < 1.29 is 14.3 Å². The van der Waals surface area contributed by atoms with E-state index in [9.17, 15) is 4.79 Å². The predicted molar refractivity (Wildman–Crippen MR) is 73.7 cm³/mol. The van der Waals surface area contributed by atoms with Gasteiger partial charge in [-0.3, -0.25) is 4.79 Å². The van der Waals surface area contributed by atoms with Gasteiger partial charge in [0.05, 0.1) is 20.1 Å². The van der Waals surface area contributed by atoms with Gasteiger partial charge in [-0.1, -0.05) is 22.9 Å². The summed E-state index contributed by atoms with van der Waals surface area (Å²) in [5.74, 6) is 0.531. The number of hydrogen-bond acceptors (Lipinski definition) is 4. The summed E-state index contributed by atoms with van der Waals surface area (Å²) in [6, 6.07) is 5.83. The summed E-state index contributed by atoms with van der Waals surface area (Å²) in [6.45, 7) is 4.01. The van der Waals surface area contributed by atoms with E-state index in [2.05, 4.69) is 32.9 Å². The van der Waals surface area contributed by atoms with Crippen LogP contribution in [0.3, 0.4) is 0 Å². The predicted octanol–water partition coefficient (Wildman–Crippen LogP) is 2.50. The second kappa shape index (κ2) is 8.11. The van der Waals surface area contributed by atoms with Crippen molar-refractivity contribution in [1.29, 1.82) is 0 Å². The Morgan fingerprint density at radius 2 is 2.22 bits per heavy atom. The third-order valence-corrected chi connectivity index (χ3v) is 2.87. The van der Waals surface area contributed by atoms with Crippen LogP contribution in [0.15, 0.2) is 22.7 Å². The Morgan fingerprint density at radius 3 is 2.89 bits per heavy atom. The molecule has 18 heavy (non-hydrogen) atoms. The van der Waals surface area contributed by atoms with Gasteiger partial charge in [0.25, 0.3) is 0 Å². The van der Waals surface area contributed by atoms with Gasteiger partial charge in [-0.15, -0.1) is 0 Å². The van der Waals surface area contributed by atoms with E-state index in [1.807, 2.05) is 18.2 Å². The molecule has 1 aromatic rings. The summed E-state index contributed by atoms with van der Waals surface area (Å²) in [7, 11) is 1.37. The van der Waals surface area contributed by atoms with E-state index < -0.39 is 0 Å². The molecule has 0 bridgehead atoms. The zero-order valence-electron chi connectivity index (χ0n) is 10.7. The summed E-state index contributed by atoms with van der Waals surface area (Å²) in [5, 5.41) is 3.25. The lowest BCUT2D eigenvalue weighted by Gasteiger charge is -2.12. The Bertz CT molecular complexity index is 396. The van der Waals surface area contributed by atoms with Crippen molar-refractivity contribution in [3.63, 3.8) is 0 Å². The van der Waals surface area contributed by atoms with Crippen molar-refractivity contribution in [2.75, 3.05) is 20.3 Å². The van der Waals surface area contributed by atoms with Crippen LogP contribution in [0.5, 0.6) is 5.75 Å². The first kappa shape index (κ1) is 15.0. The normalized spacial score (nSPS) is 10.2. The van der Waals surface area contributed by atoms with Gasteiger partial charge in [0.1, 0.15) is 5.75 Å². The monoisotopic (exact) mass is 315 g/mol. The molecule has 4 nitrogen and oxygen atoms in total. The first-order valence-electron chi connectivity index (χ1n) is 5.86. The van der Waals surface area contributed by atoms with Gasteiger partial charge in [0, 0.05) is 16.6 Å². The third-order valence-electron chi connectivity index (χ3n) is 2.38. The van der Waals surface area contributed by atoms with Crippen molar-refractivity contribution >= 4 is 21.9 Å². The average Bonchev–Trinajstić information content (AvgIpc) is 2.38. The molecular formula is C13H18BrNO3. The molecule has 0 saturated heterocycles. The molecule has 0 fully saturated rings. The summed E-state index contributed by atoms with van der Waals surface area (Å²) in [4.78, 5) is 11.0. The fourth-order valence-electron chi connectivity index (χ4n) is 1.43. The molecule has 0 aliphatic carbocycles. The molecule has 0 amide bonds. The SMILES string of the molecule is CCNCc1cc(Br)ccc1OCCC(=O)OC. The summed E-state index contributed by atoms with van der Waals surface area (Å²) >= 11 is 3.43. The molecular weight excluding hydrogens is 298 g/mol. The van der Waals surface area contributed by atoms with Gasteiger partial charge >= 0.3 is 5.97 Å². The van der Waals surface area contributed by atoms with Gasteiger partial charge in [-0.25, -0.2) is 0 Å². The zero-order valence-corrected chi connectivity index (χ0v) is 12.2. The maximum Gasteiger partial charge on any atom is 0.308 e. The summed E-state index contributed by atoms with van der Waals surface area (Å²) in [6.07, 6.45) is 0.257. The highest BCUT2D eigenvalue weighted by Gasteiger charge is 2.06. The Labute approximate surface area is 116 Å². The van der Waals surface area contributed by atoms with Crippen LogP contribution >= 0.6 is 15.9 Å². The van der Waals surface area contributed by atoms with Crippen LogP contribution in [-0.2, 0) is 16.1 Å². The molecule has 100 valence electrons. The molecule has 1 N–H and O–H groups in total.